The number of alkyl halides is 3. The van der Waals surface area contributed by atoms with Crippen molar-refractivity contribution in [2.24, 2.45) is 0 Å². The third-order valence-electron chi connectivity index (χ3n) is 4.48. The zero-order chi connectivity index (χ0) is 20.3. The first-order valence-electron chi connectivity index (χ1n) is 8.67. The monoisotopic (exact) mass is 414 g/mol. The van der Waals surface area contributed by atoms with Gasteiger partial charge in [0.05, 0.1) is 12.1 Å². The number of pyridine rings is 1. The van der Waals surface area contributed by atoms with Crippen molar-refractivity contribution in [1.29, 1.82) is 0 Å². The van der Waals surface area contributed by atoms with Crippen molar-refractivity contribution in [3.63, 3.8) is 0 Å². The summed E-state index contributed by atoms with van der Waals surface area (Å²) in [6, 6.07) is 9.06. The van der Waals surface area contributed by atoms with Gasteiger partial charge in [0.15, 0.2) is 0 Å². The fourth-order valence-electron chi connectivity index (χ4n) is 3.25. The number of aromatic nitrogens is 1. The van der Waals surface area contributed by atoms with E-state index in [4.69, 9.17) is 21.4 Å². The molecule has 1 saturated heterocycles. The van der Waals surface area contributed by atoms with E-state index in [-0.39, 0.29) is 29.8 Å². The summed E-state index contributed by atoms with van der Waals surface area (Å²) in [5.74, 6) is -0.364. The molecule has 0 spiro atoms. The van der Waals surface area contributed by atoms with Gasteiger partial charge in [-0.15, -0.1) is 0 Å². The number of carboxylic acids is 1. The molecule has 1 N–H and O–H groups in total. The van der Waals surface area contributed by atoms with Crippen molar-refractivity contribution in [3.8, 4) is 5.75 Å². The van der Waals surface area contributed by atoms with Crippen molar-refractivity contribution < 1.29 is 27.8 Å². The minimum atomic E-state index is -4.58. The van der Waals surface area contributed by atoms with Gasteiger partial charge in [0, 0.05) is 23.3 Å². The molecule has 2 aromatic rings. The molecular formula is C19H18ClF3N2O3. The van der Waals surface area contributed by atoms with Gasteiger partial charge in [0.1, 0.15) is 18.1 Å². The van der Waals surface area contributed by atoms with Crippen LogP contribution in [-0.2, 0) is 17.6 Å². The number of rotatable bonds is 6. The molecule has 1 aromatic heterocycles. The normalized spacial score (nSPS) is 17.0. The first-order chi connectivity index (χ1) is 13.2. The quantitative estimate of drug-likeness (QED) is 0.737. The van der Waals surface area contributed by atoms with Gasteiger partial charge in [-0.3, -0.25) is 4.79 Å². The number of benzene rings is 1. The zero-order valence-corrected chi connectivity index (χ0v) is 15.5. The summed E-state index contributed by atoms with van der Waals surface area (Å²) in [4.78, 5) is 16.6. The summed E-state index contributed by atoms with van der Waals surface area (Å²) < 4.78 is 44.0. The maximum atomic E-state index is 12.8. The fraction of sp³-hybridized carbons (Fsp3) is 0.368. The molecular weight excluding hydrogens is 397 g/mol. The number of ether oxygens (including phenoxy) is 1. The van der Waals surface area contributed by atoms with Crippen LogP contribution in [0, 0.1) is 0 Å². The Morgan fingerprint density at radius 1 is 1.29 bits per heavy atom. The van der Waals surface area contributed by atoms with Crippen LogP contribution in [0.25, 0.3) is 0 Å². The standard InChI is InChI=1S/C19H18ClF3N2O3/c20-12-8-13(24-17(9-12)19(21,22)23)11-28-16-5-3-14(4-6-16)25-7-1-2-15(25)10-18(26)27/h3-6,8-9,15H,1-2,7,10-11H2,(H,26,27). The van der Waals surface area contributed by atoms with Gasteiger partial charge in [-0.25, -0.2) is 4.98 Å². The maximum absolute atomic E-state index is 12.8. The number of hydrogen-bond donors (Lipinski definition) is 1. The van der Waals surface area contributed by atoms with Gasteiger partial charge < -0.3 is 14.7 Å². The van der Waals surface area contributed by atoms with E-state index in [0.717, 1.165) is 31.1 Å². The molecule has 0 amide bonds. The summed E-state index contributed by atoms with van der Waals surface area (Å²) in [6.45, 7) is 0.624. The van der Waals surface area contributed by atoms with Crippen LogP contribution in [0.5, 0.6) is 5.75 Å². The Morgan fingerprint density at radius 2 is 2.00 bits per heavy atom. The third-order valence-corrected chi connectivity index (χ3v) is 4.69. The predicted molar refractivity (Wildman–Crippen MR) is 97.6 cm³/mol. The number of halogens is 4. The van der Waals surface area contributed by atoms with Gasteiger partial charge in [0.2, 0.25) is 0 Å². The predicted octanol–water partition coefficient (Wildman–Crippen LogP) is 4.78. The van der Waals surface area contributed by atoms with Crippen LogP contribution in [0.15, 0.2) is 36.4 Å². The highest BCUT2D eigenvalue weighted by Gasteiger charge is 2.33. The Balaban J connectivity index is 1.65. The number of aliphatic carboxylic acids is 1. The molecule has 9 heteroatoms. The molecule has 3 rings (SSSR count). The Labute approximate surface area is 164 Å². The van der Waals surface area contributed by atoms with Gasteiger partial charge in [-0.1, -0.05) is 11.6 Å². The zero-order valence-electron chi connectivity index (χ0n) is 14.7. The topological polar surface area (TPSA) is 62.7 Å². The second-order valence-electron chi connectivity index (χ2n) is 6.53. The number of nitrogens with zero attached hydrogens (tertiary/aromatic N) is 2. The van der Waals surface area contributed by atoms with Crippen molar-refractivity contribution in [3.05, 3.63) is 52.8 Å². The second-order valence-corrected chi connectivity index (χ2v) is 6.97. The van der Waals surface area contributed by atoms with Crippen molar-refractivity contribution in [2.45, 2.75) is 38.1 Å². The van der Waals surface area contributed by atoms with E-state index in [1.807, 2.05) is 17.0 Å². The van der Waals surface area contributed by atoms with E-state index < -0.39 is 17.8 Å². The van der Waals surface area contributed by atoms with Gasteiger partial charge in [-0.2, -0.15) is 13.2 Å². The maximum Gasteiger partial charge on any atom is 0.433 e. The summed E-state index contributed by atoms with van der Waals surface area (Å²) in [5.41, 5.74) is -0.103. The smallest absolute Gasteiger partial charge is 0.433 e. The van der Waals surface area contributed by atoms with Crippen LogP contribution < -0.4 is 9.64 Å². The van der Waals surface area contributed by atoms with E-state index in [1.165, 1.54) is 6.07 Å². The largest absolute Gasteiger partial charge is 0.487 e. The van der Waals surface area contributed by atoms with Crippen LogP contribution in [-0.4, -0.2) is 28.6 Å². The van der Waals surface area contributed by atoms with E-state index >= 15 is 0 Å². The molecule has 1 atom stereocenters. The lowest BCUT2D eigenvalue weighted by atomic mass is 10.1. The molecule has 1 unspecified atom stereocenters. The number of hydrogen-bond acceptors (Lipinski definition) is 4. The summed E-state index contributed by atoms with van der Waals surface area (Å²) in [5, 5.41) is 8.96. The van der Waals surface area contributed by atoms with Crippen LogP contribution in [0.4, 0.5) is 18.9 Å². The number of carboxylic acid groups (broad SMARTS) is 1. The molecule has 0 bridgehead atoms. The fourth-order valence-corrected chi connectivity index (χ4v) is 3.48. The highest BCUT2D eigenvalue weighted by Crippen LogP contribution is 2.31. The summed E-state index contributed by atoms with van der Waals surface area (Å²) >= 11 is 5.74. The average Bonchev–Trinajstić information content (AvgIpc) is 3.06. The third kappa shape index (κ3) is 5.07. The Hall–Kier alpha value is -2.48. The molecule has 0 radical (unpaired) electrons. The highest BCUT2D eigenvalue weighted by molar-refractivity contribution is 6.30. The lowest BCUT2D eigenvalue weighted by molar-refractivity contribution is -0.141. The van der Waals surface area contributed by atoms with Crippen LogP contribution >= 0.6 is 11.6 Å². The molecule has 28 heavy (non-hydrogen) atoms. The van der Waals surface area contributed by atoms with E-state index in [0.29, 0.717) is 5.75 Å². The molecule has 1 aromatic carbocycles. The van der Waals surface area contributed by atoms with E-state index in [9.17, 15) is 18.0 Å². The van der Waals surface area contributed by atoms with Crippen molar-refractivity contribution in [2.75, 3.05) is 11.4 Å². The second kappa shape index (κ2) is 8.26. The molecule has 150 valence electrons. The molecule has 5 nitrogen and oxygen atoms in total. The Bertz CT molecular complexity index is 843. The minimum absolute atomic E-state index is 0.0410. The van der Waals surface area contributed by atoms with Gasteiger partial charge >= 0.3 is 12.1 Å². The Kier molecular flexibility index (Phi) is 5.98. The lowest BCUT2D eigenvalue weighted by Crippen LogP contribution is -2.31. The van der Waals surface area contributed by atoms with Gasteiger partial charge in [-0.05, 0) is 49.2 Å². The minimum Gasteiger partial charge on any atom is -0.487 e. The lowest BCUT2D eigenvalue weighted by Gasteiger charge is -2.25. The van der Waals surface area contributed by atoms with Crippen LogP contribution in [0.1, 0.15) is 30.7 Å². The Morgan fingerprint density at radius 3 is 2.64 bits per heavy atom. The summed E-state index contributed by atoms with van der Waals surface area (Å²) in [6.07, 6.45) is -2.74. The molecule has 1 aliphatic rings. The first-order valence-corrected chi connectivity index (χ1v) is 9.05. The first kappa shape index (κ1) is 20.3. The molecule has 0 saturated carbocycles. The molecule has 0 aliphatic carbocycles. The SMILES string of the molecule is O=C(O)CC1CCCN1c1ccc(OCc2cc(Cl)cc(C(F)(F)F)n2)cc1. The molecule has 1 aliphatic heterocycles. The van der Waals surface area contributed by atoms with E-state index in [2.05, 4.69) is 4.98 Å². The van der Waals surface area contributed by atoms with Crippen molar-refractivity contribution >= 4 is 23.3 Å². The number of anilines is 1. The highest BCUT2D eigenvalue weighted by atomic mass is 35.5. The van der Waals surface area contributed by atoms with Crippen LogP contribution in [0.3, 0.4) is 0 Å². The molecule has 1 fully saturated rings. The van der Waals surface area contributed by atoms with Gasteiger partial charge in [0.25, 0.3) is 0 Å². The van der Waals surface area contributed by atoms with E-state index in [1.54, 1.807) is 12.1 Å². The molecule has 2 heterocycles. The van der Waals surface area contributed by atoms with Crippen LogP contribution in [0.2, 0.25) is 5.02 Å². The van der Waals surface area contributed by atoms with Crippen molar-refractivity contribution in [1.82, 2.24) is 4.98 Å². The average molecular weight is 415 g/mol. The number of carbonyl (C=O) groups is 1. The summed E-state index contributed by atoms with van der Waals surface area (Å²) in [7, 11) is 0.